The monoisotopic (exact) mass is 349 g/mol. The van der Waals surface area contributed by atoms with E-state index in [9.17, 15) is 0 Å². The molecule has 20 heavy (non-hydrogen) atoms. The van der Waals surface area contributed by atoms with E-state index in [1.165, 1.54) is 0 Å². The SMILES string of the molecule is Clc1cccc2ccn(CCOc3ccc(Br)cc3)c12. The highest BCUT2D eigenvalue weighted by Crippen LogP contribution is 2.24. The zero-order valence-electron chi connectivity index (χ0n) is 10.7. The Kier molecular flexibility index (Phi) is 3.99. The predicted molar refractivity (Wildman–Crippen MR) is 86.6 cm³/mol. The van der Waals surface area contributed by atoms with Gasteiger partial charge in [-0.15, -0.1) is 0 Å². The lowest BCUT2D eigenvalue weighted by Crippen LogP contribution is -2.07. The van der Waals surface area contributed by atoms with E-state index in [1.54, 1.807) is 0 Å². The summed E-state index contributed by atoms with van der Waals surface area (Å²) in [6.45, 7) is 1.37. The summed E-state index contributed by atoms with van der Waals surface area (Å²) < 4.78 is 8.91. The first-order valence-electron chi connectivity index (χ1n) is 6.36. The van der Waals surface area contributed by atoms with E-state index in [2.05, 4.69) is 32.6 Å². The maximum atomic E-state index is 6.25. The summed E-state index contributed by atoms with van der Waals surface area (Å²) in [6, 6.07) is 15.8. The van der Waals surface area contributed by atoms with Crippen molar-refractivity contribution in [2.24, 2.45) is 0 Å². The van der Waals surface area contributed by atoms with Crippen molar-refractivity contribution in [3.63, 3.8) is 0 Å². The Balaban J connectivity index is 1.70. The molecule has 0 fully saturated rings. The van der Waals surface area contributed by atoms with Crippen LogP contribution < -0.4 is 4.74 Å². The Morgan fingerprint density at radius 2 is 1.85 bits per heavy atom. The van der Waals surface area contributed by atoms with Crippen LogP contribution >= 0.6 is 27.5 Å². The van der Waals surface area contributed by atoms with Crippen molar-refractivity contribution in [1.29, 1.82) is 0 Å². The Morgan fingerprint density at radius 3 is 2.65 bits per heavy atom. The van der Waals surface area contributed by atoms with E-state index in [-0.39, 0.29) is 0 Å². The number of fused-ring (bicyclic) bond motifs is 1. The molecule has 4 heteroatoms. The second-order valence-electron chi connectivity index (χ2n) is 4.49. The number of hydrogen-bond acceptors (Lipinski definition) is 1. The standard InChI is InChI=1S/C16H13BrClNO/c17-13-4-6-14(7-5-13)20-11-10-19-9-8-12-2-1-3-15(18)16(12)19/h1-9H,10-11H2. The summed E-state index contributed by atoms with van der Waals surface area (Å²) in [5.41, 5.74) is 1.06. The van der Waals surface area contributed by atoms with Gasteiger partial charge in [0.15, 0.2) is 0 Å². The van der Waals surface area contributed by atoms with E-state index >= 15 is 0 Å². The lowest BCUT2D eigenvalue weighted by Gasteiger charge is -2.09. The summed E-state index contributed by atoms with van der Waals surface area (Å²) in [4.78, 5) is 0. The van der Waals surface area contributed by atoms with Gasteiger partial charge < -0.3 is 9.30 Å². The minimum atomic E-state index is 0.608. The molecule has 2 aromatic carbocycles. The third-order valence-electron chi connectivity index (χ3n) is 3.15. The van der Waals surface area contributed by atoms with Crippen LogP contribution in [-0.4, -0.2) is 11.2 Å². The minimum Gasteiger partial charge on any atom is -0.492 e. The molecule has 0 amide bonds. The number of aromatic nitrogens is 1. The van der Waals surface area contributed by atoms with Gasteiger partial charge in [-0.2, -0.15) is 0 Å². The van der Waals surface area contributed by atoms with Crippen molar-refractivity contribution in [2.45, 2.75) is 6.54 Å². The van der Waals surface area contributed by atoms with Gasteiger partial charge in [-0.1, -0.05) is 39.7 Å². The van der Waals surface area contributed by atoms with Gasteiger partial charge in [0.1, 0.15) is 12.4 Å². The van der Waals surface area contributed by atoms with Crippen LogP contribution in [0, 0.1) is 0 Å². The fourth-order valence-electron chi connectivity index (χ4n) is 2.19. The highest BCUT2D eigenvalue weighted by atomic mass is 79.9. The molecule has 102 valence electrons. The van der Waals surface area contributed by atoms with Gasteiger partial charge >= 0.3 is 0 Å². The Bertz CT molecular complexity index is 721. The lowest BCUT2D eigenvalue weighted by molar-refractivity contribution is 0.300. The minimum absolute atomic E-state index is 0.608. The maximum absolute atomic E-state index is 6.25. The molecule has 0 saturated heterocycles. The summed E-state index contributed by atoms with van der Waals surface area (Å²) in [7, 11) is 0. The second-order valence-corrected chi connectivity index (χ2v) is 5.81. The zero-order valence-corrected chi connectivity index (χ0v) is 13.1. The number of rotatable bonds is 4. The van der Waals surface area contributed by atoms with E-state index in [0.717, 1.165) is 32.7 Å². The maximum Gasteiger partial charge on any atom is 0.119 e. The highest BCUT2D eigenvalue weighted by molar-refractivity contribution is 9.10. The molecule has 0 aliphatic rings. The Morgan fingerprint density at radius 1 is 1.05 bits per heavy atom. The molecule has 1 aromatic heterocycles. The Labute approximate surface area is 131 Å². The van der Waals surface area contributed by atoms with Gasteiger partial charge in [-0.05, 0) is 36.4 Å². The summed E-state index contributed by atoms with van der Waals surface area (Å²) in [6.07, 6.45) is 2.04. The van der Waals surface area contributed by atoms with E-state index in [0.29, 0.717) is 6.61 Å². The van der Waals surface area contributed by atoms with Crippen molar-refractivity contribution < 1.29 is 4.74 Å². The zero-order chi connectivity index (χ0) is 13.9. The van der Waals surface area contributed by atoms with Crippen LogP contribution in [0.3, 0.4) is 0 Å². The summed E-state index contributed by atoms with van der Waals surface area (Å²) >= 11 is 9.66. The smallest absolute Gasteiger partial charge is 0.119 e. The third-order valence-corrected chi connectivity index (χ3v) is 3.99. The number of benzene rings is 2. The molecule has 0 spiro atoms. The van der Waals surface area contributed by atoms with Gasteiger partial charge in [0, 0.05) is 16.1 Å². The highest BCUT2D eigenvalue weighted by Gasteiger charge is 2.04. The molecule has 0 unspecified atom stereocenters. The van der Waals surface area contributed by atoms with Crippen molar-refractivity contribution >= 4 is 38.4 Å². The molecule has 2 nitrogen and oxygen atoms in total. The number of hydrogen-bond donors (Lipinski definition) is 0. The molecule has 0 aliphatic carbocycles. The second kappa shape index (κ2) is 5.90. The first-order chi connectivity index (χ1) is 9.74. The van der Waals surface area contributed by atoms with E-state index < -0.39 is 0 Å². The first kappa shape index (κ1) is 13.5. The molecule has 0 atom stereocenters. The molecule has 3 rings (SSSR count). The quantitative estimate of drug-likeness (QED) is 0.636. The normalized spacial score (nSPS) is 10.9. The van der Waals surface area contributed by atoms with Crippen molar-refractivity contribution in [2.75, 3.05) is 6.61 Å². The lowest BCUT2D eigenvalue weighted by atomic mass is 10.2. The number of nitrogens with zero attached hydrogens (tertiary/aromatic N) is 1. The van der Waals surface area contributed by atoms with Crippen LogP contribution in [0.25, 0.3) is 10.9 Å². The van der Waals surface area contributed by atoms with Gasteiger partial charge in [-0.25, -0.2) is 0 Å². The topological polar surface area (TPSA) is 14.2 Å². The molecule has 1 heterocycles. The summed E-state index contributed by atoms with van der Waals surface area (Å²) in [5, 5.41) is 1.93. The summed E-state index contributed by atoms with van der Waals surface area (Å²) in [5.74, 6) is 0.871. The van der Waals surface area contributed by atoms with Crippen molar-refractivity contribution in [3.05, 3.63) is 64.2 Å². The predicted octanol–water partition coefficient (Wildman–Crippen LogP) is 5.14. The molecule has 3 aromatic rings. The van der Waals surface area contributed by atoms with Crippen molar-refractivity contribution in [1.82, 2.24) is 4.57 Å². The molecule has 0 N–H and O–H groups in total. The van der Waals surface area contributed by atoms with Gasteiger partial charge in [0.2, 0.25) is 0 Å². The average Bonchev–Trinajstić information content (AvgIpc) is 2.86. The van der Waals surface area contributed by atoms with Crippen LogP contribution in [0.1, 0.15) is 0 Å². The first-order valence-corrected chi connectivity index (χ1v) is 7.53. The molecular weight excluding hydrogens is 338 g/mol. The largest absolute Gasteiger partial charge is 0.492 e. The third kappa shape index (κ3) is 2.84. The fraction of sp³-hybridized carbons (Fsp3) is 0.125. The number of ether oxygens (including phenoxy) is 1. The number of halogens is 2. The molecule has 0 radical (unpaired) electrons. The van der Waals surface area contributed by atoms with Crippen LogP contribution in [-0.2, 0) is 6.54 Å². The van der Waals surface area contributed by atoms with E-state index in [1.807, 2.05) is 42.6 Å². The van der Waals surface area contributed by atoms with Crippen LogP contribution in [0.5, 0.6) is 5.75 Å². The van der Waals surface area contributed by atoms with E-state index in [4.69, 9.17) is 16.3 Å². The molecule has 0 saturated carbocycles. The van der Waals surface area contributed by atoms with Crippen LogP contribution in [0.4, 0.5) is 0 Å². The van der Waals surface area contributed by atoms with Gasteiger partial charge in [-0.3, -0.25) is 0 Å². The van der Waals surface area contributed by atoms with Gasteiger partial charge in [0.25, 0.3) is 0 Å². The van der Waals surface area contributed by atoms with Crippen molar-refractivity contribution in [3.8, 4) is 5.75 Å². The molecule has 0 bridgehead atoms. The molecule has 0 aliphatic heterocycles. The van der Waals surface area contributed by atoms with Gasteiger partial charge in [0.05, 0.1) is 17.1 Å². The molecular formula is C16H13BrClNO. The number of para-hydroxylation sites is 1. The fourth-order valence-corrected chi connectivity index (χ4v) is 2.75. The van der Waals surface area contributed by atoms with Crippen LogP contribution in [0.15, 0.2) is 59.2 Å². The van der Waals surface area contributed by atoms with Crippen LogP contribution in [0.2, 0.25) is 5.02 Å². The average molecular weight is 351 g/mol. The Hall–Kier alpha value is -1.45.